The molecule has 40 heavy (non-hydrogen) atoms. The number of likely N-dealkylation sites (tertiary alicyclic amines) is 1. The van der Waals surface area contributed by atoms with E-state index in [4.69, 9.17) is 5.11 Å². The molecule has 2 aromatic rings. The second kappa shape index (κ2) is 10.3. The van der Waals surface area contributed by atoms with E-state index in [0.717, 1.165) is 17.4 Å². The normalized spacial score (nSPS) is 21.7. The maximum Gasteiger partial charge on any atom is 0.430 e. The first-order chi connectivity index (χ1) is 18.5. The fourth-order valence-electron chi connectivity index (χ4n) is 4.93. The Labute approximate surface area is 228 Å². The third-order valence-corrected chi connectivity index (χ3v) is 8.46. The van der Waals surface area contributed by atoms with E-state index in [1.807, 2.05) is 6.92 Å². The lowest BCUT2D eigenvalue weighted by atomic mass is 9.80. The molecule has 1 saturated heterocycles. The number of carboxylic acids is 1. The predicted octanol–water partition coefficient (Wildman–Crippen LogP) is 4.65. The van der Waals surface area contributed by atoms with Crippen LogP contribution in [0.4, 0.5) is 26.3 Å². The minimum atomic E-state index is -6.07. The molecule has 1 aliphatic carbocycles. The van der Waals surface area contributed by atoms with Crippen LogP contribution >= 0.6 is 11.3 Å². The predicted molar refractivity (Wildman–Crippen MR) is 130 cm³/mol. The van der Waals surface area contributed by atoms with Crippen molar-refractivity contribution >= 4 is 29.1 Å². The topological polar surface area (TPSA) is 120 Å². The molecule has 1 aromatic heterocycles. The van der Waals surface area contributed by atoms with E-state index >= 15 is 0 Å². The molecule has 2 heterocycles. The lowest BCUT2D eigenvalue weighted by Gasteiger charge is -2.33. The van der Waals surface area contributed by atoms with Crippen LogP contribution in [0.3, 0.4) is 0 Å². The molecule has 1 saturated carbocycles. The maximum atomic E-state index is 13.4. The minimum absolute atomic E-state index is 0.0665. The third kappa shape index (κ3) is 5.16. The molecule has 4 rings (SSSR count). The van der Waals surface area contributed by atoms with Gasteiger partial charge in [-0.25, -0.2) is 4.98 Å². The summed E-state index contributed by atoms with van der Waals surface area (Å²) < 4.78 is 80.5. The number of rotatable bonds is 6. The Kier molecular flexibility index (Phi) is 7.69. The quantitative estimate of drug-likeness (QED) is 0.420. The Balaban J connectivity index is 1.74. The Hall–Kier alpha value is -3.20. The van der Waals surface area contributed by atoms with E-state index in [2.05, 4.69) is 10.3 Å². The second-order valence-corrected chi connectivity index (χ2v) is 11.1. The zero-order valence-electron chi connectivity index (χ0n) is 21.2. The standard InChI is InChI=1S/C25H25F6N3O5S/c1-11-8-14(23(39,24(26,27)28)25(29,30)31)5-6-16(11)18-17(21(36)34-7-3-4-12(34)2)33-20(40-18)19(35)32-15-9-13(10-15)22(37)38/h5-6,8,12-13,15,39H,3-4,7,9-10H2,1-2H3,(H,32,35)(H,37,38). The summed E-state index contributed by atoms with van der Waals surface area (Å²) in [5.41, 5.74) is -6.81. The highest BCUT2D eigenvalue weighted by Crippen LogP contribution is 2.50. The van der Waals surface area contributed by atoms with Crippen LogP contribution in [-0.4, -0.2) is 68.9 Å². The first kappa shape index (κ1) is 29.8. The molecule has 1 atom stereocenters. The van der Waals surface area contributed by atoms with Crippen LogP contribution in [-0.2, 0) is 10.4 Å². The van der Waals surface area contributed by atoms with E-state index in [9.17, 15) is 45.8 Å². The van der Waals surface area contributed by atoms with Gasteiger partial charge in [0.15, 0.2) is 5.01 Å². The fraction of sp³-hybridized carbons (Fsp3) is 0.520. The highest BCUT2D eigenvalue weighted by Gasteiger charge is 2.71. The average molecular weight is 594 g/mol. The summed E-state index contributed by atoms with van der Waals surface area (Å²) in [6, 6.07) is 1.37. The number of aryl methyl sites for hydroxylation is 1. The number of benzene rings is 1. The Bertz CT molecular complexity index is 1320. The SMILES string of the molecule is Cc1cc(C(O)(C(F)(F)F)C(F)(F)F)ccc1-c1sc(C(=O)NC2CC(C(=O)O)C2)nc1C(=O)N1CCCC1C. The van der Waals surface area contributed by atoms with Crippen LogP contribution in [0.5, 0.6) is 0 Å². The van der Waals surface area contributed by atoms with E-state index in [1.54, 1.807) is 0 Å². The fourth-order valence-corrected chi connectivity index (χ4v) is 5.98. The summed E-state index contributed by atoms with van der Waals surface area (Å²) in [5.74, 6) is -2.82. The number of halogens is 6. The number of carbonyl (C=O) groups is 3. The summed E-state index contributed by atoms with van der Waals surface area (Å²) in [6.07, 6.45) is -10.3. The number of carboxylic acid groups (broad SMARTS) is 1. The highest BCUT2D eigenvalue weighted by atomic mass is 32.1. The van der Waals surface area contributed by atoms with Gasteiger partial charge in [0.25, 0.3) is 17.4 Å². The van der Waals surface area contributed by atoms with Gasteiger partial charge in [-0.2, -0.15) is 26.3 Å². The zero-order chi connectivity index (χ0) is 29.8. The molecular formula is C25H25F6N3O5S. The molecule has 0 spiro atoms. The molecule has 1 unspecified atom stereocenters. The van der Waals surface area contributed by atoms with Crippen molar-refractivity contribution in [1.29, 1.82) is 0 Å². The van der Waals surface area contributed by atoms with Crippen molar-refractivity contribution < 1.29 is 50.9 Å². The van der Waals surface area contributed by atoms with E-state index in [0.29, 0.717) is 31.5 Å². The van der Waals surface area contributed by atoms with Gasteiger partial charge in [-0.05, 0) is 50.7 Å². The van der Waals surface area contributed by atoms with Crippen molar-refractivity contribution in [2.24, 2.45) is 5.92 Å². The molecule has 1 aliphatic heterocycles. The van der Waals surface area contributed by atoms with Crippen molar-refractivity contribution in [1.82, 2.24) is 15.2 Å². The summed E-state index contributed by atoms with van der Waals surface area (Å²) in [7, 11) is 0. The van der Waals surface area contributed by atoms with Crippen LogP contribution in [0, 0.1) is 12.8 Å². The molecule has 2 amide bonds. The second-order valence-electron chi connectivity index (χ2n) is 10.1. The number of alkyl halides is 6. The number of nitrogens with one attached hydrogen (secondary N) is 1. The number of aliphatic hydroxyl groups is 1. The molecule has 2 aliphatic rings. The summed E-state index contributed by atoms with van der Waals surface area (Å²) in [4.78, 5) is 43.2. The van der Waals surface area contributed by atoms with Gasteiger partial charge in [0, 0.05) is 24.2 Å². The highest BCUT2D eigenvalue weighted by molar-refractivity contribution is 7.17. The molecule has 0 radical (unpaired) electrons. The zero-order valence-corrected chi connectivity index (χ0v) is 22.0. The van der Waals surface area contributed by atoms with Crippen LogP contribution in [0.15, 0.2) is 18.2 Å². The minimum Gasteiger partial charge on any atom is -0.481 e. The lowest BCUT2D eigenvalue weighted by molar-refractivity contribution is -0.376. The Morgan fingerprint density at radius 1 is 1.10 bits per heavy atom. The average Bonchev–Trinajstić information content (AvgIpc) is 3.45. The van der Waals surface area contributed by atoms with Crippen LogP contribution in [0.1, 0.15) is 64.0 Å². The van der Waals surface area contributed by atoms with Crippen LogP contribution < -0.4 is 5.32 Å². The number of aliphatic carboxylic acids is 1. The largest absolute Gasteiger partial charge is 0.481 e. The van der Waals surface area contributed by atoms with Gasteiger partial charge in [-0.3, -0.25) is 14.4 Å². The van der Waals surface area contributed by atoms with E-state index < -0.39 is 53.3 Å². The number of hydrogen-bond acceptors (Lipinski definition) is 6. The van der Waals surface area contributed by atoms with Gasteiger partial charge in [0.2, 0.25) is 0 Å². The number of carbonyl (C=O) groups excluding carboxylic acids is 2. The summed E-state index contributed by atoms with van der Waals surface area (Å²) >= 11 is 0.737. The molecule has 218 valence electrons. The Morgan fingerprint density at radius 3 is 2.23 bits per heavy atom. The first-order valence-electron chi connectivity index (χ1n) is 12.3. The van der Waals surface area contributed by atoms with Gasteiger partial charge < -0.3 is 20.4 Å². The molecule has 0 bridgehead atoms. The number of aromatic nitrogens is 1. The van der Waals surface area contributed by atoms with Crippen molar-refractivity contribution in [2.45, 2.75) is 69.6 Å². The third-order valence-electron chi connectivity index (χ3n) is 7.37. The van der Waals surface area contributed by atoms with E-state index in [-0.39, 0.29) is 45.6 Å². The van der Waals surface area contributed by atoms with E-state index in [1.165, 1.54) is 11.8 Å². The van der Waals surface area contributed by atoms with Gasteiger partial charge in [0.1, 0.15) is 5.69 Å². The number of nitrogens with zero attached hydrogens (tertiary/aromatic N) is 2. The smallest absolute Gasteiger partial charge is 0.430 e. The molecular weight excluding hydrogens is 568 g/mol. The van der Waals surface area contributed by atoms with Crippen molar-refractivity contribution in [2.75, 3.05) is 6.54 Å². The lowest BCUT2D eigenvalue weighted by Crippen LogP contribution is -2.53. The molecule has 8 nitrogen and oxygen atoms in total. The number of thiazole rings is 1. The van der Waals surface area contributed by atoms with Gasteiger partial charge in [-0.15, -0.1) is 11.3 Å². The first-order valence-corrected chi connectivity index (χ1v) is 13.1. The summed E-state index contributed by atoms with van der Waals surface area (Å²) in [5, 5.41) is 21.3. The van der Waals surface area contributed by atoms with Gasteiger partial charge in [-0.1, -0.05) is 18.2 Å². The van der Waals surface area contributed by atoms with Crippen molar-refractivity contribution in [3.8, 4) is 10.4 Å². The van der Waals surface area contributed by atoms with Crippen LogP contribution in [0.25, 0.3) is 10.4 Å². The van der Waals surface area contributed by atoms with Crippen LogP contribution in [0.2, 0.25) is 0 Å². The molecule has 2 fully saturated rings. The molecule has 1 aromatic carbocycles. The van der Waals surface area contributed by atoms with Crippen molar-refractivity contribution in [3.05, 3.63) is 40.0 Å². The number of amides is 2. The van der Waals surface area contributed by atoms with Gasteiger partial charge in [0.05, 0.1) is 10.8 Å². The molecule has 15 heteroatoms. The molecule has 3 N–H and O–H groups in total. The Morgan fingerprint density at radius 2 is 1.73 bits per heavy atom. The monoisotopic (exact) mass is 593 g/mol. The van der Waals surface area contributed by atoms with Crippen molar-refractivity contribution in [3.63, 3.8) is 0 Å². The maximum absolute atomic E-state index is 13.4. The summed E-state index contributed by atoms with van der Waals surface area (Å²) in [6.45, 7) is 3.44. The van der Waals surface area contributed by atoms with Gasteiger partial charge >= 0.3 is 18.3 Å². The number of hydrogen-bond donors (Lipinski definition) is 3.